The van der Waals surface area contributed by atoms with Crippen LogP contribution in [0.2, 0.25) is 0 Å². The summed E-state index contributed by atoms with van der Waals surface area (Å²) in [6, 6.07) is 6.89. The van der Waals surface area contributed by atoms with E-state index < -0.39 is 5.60 Å². The average molecular weight is 402 g/mol. The first-order chi connectivity index (χ1) is 13.5. The molecule has 1 N–H and O–H groups in total. The molecule has 1 saturated heterocycles. The molecule has 0 aliphatic carbocycles. The molecular weight excluding hydrogens is 370 g/mol. The molecule has 1 fully saturated rings. The van der Waals surface area contributed by atoms with Crippen molar-refractivity contribution in [3.8, 4) is 0 Å². The normalized spacial score (nSPS) is 19.5. The smallest absolute Gasteiger partial charge is 0.410 e. The summed E-state index contributed by atoms with van der Waals surface area (Å²) < 4.78 is 5.48. The number of hydrogen-bond donors (Lipinski definition) is 1. The fourth-order valence-electron chi connectivity index (χ4n) is 3.18. The summed E-state index contributed by atoms with van der Waals surface area (Å²) in [4.78, 5) is 40.2. The van der Waals surface area contributed by atoms with Crippen molar-refractivity contribution in [1.82, 2.24) is 15.1 Å². The Hall–Kier alpha value is -2.83. The fraction of sp³-hybridized carbons (Fsp3) is 0.500. The molecule has 0 saturated carbocycles. The van der Waals surface area contributed by atoms with Gasteiger partial charge in [0.05, 0.1) is 0 Å². The van der Waals surface area contributed by atoms with Crippen LogP contribution in [0.5, 0.6) is 0 Å². The Bertz CT molecular complexity index is 767. The molecule has 1 aliphatic rings. The molecule has 1 heterocycles. The van der Waals surface area contributed by atoms with Crippen molar-refractivity contribution in [3.63, 3.8) is 0 Å². The number of benzene rings is 1. The molecule has 158 valence electrons. The molecule has 7 nitrogen and oxygen atoms in total. The molecule has 2 unspecified atom stereocenters. The van der Waals surface area contributed by atoms with Crippen LogP contribution in [0.25, 0.3) is 0 Å². The molecule has 0 radical (unpaired) electrons. The number of rotatable bonds is 4. The molecule has 3 amide bonds. The van der Waals surface area contributed by atoms with E-state index in [0.717, 1.165) is 5.56 Å². The maximum atomic E-state index is 13.0. The molecule has 2 rings (SSSR count). The van der Waals surface area contributed by atoms with E-state index in [1.165, 1.54) is 6.08 Å². The third-order valence-electron chi connectivity index (χ3n) is 4.73. The van der Waals surface area contributed by atoms with Gasteiger partial charge in [0.2, 0.25) is 5.91 Å². The first-order valence-corrected chi connectivity index (χ1v) is 9.81. The van der Waals surface area contributed by atoms with Crippen molar-refractivity contribution < 1.29 is 19.1 Å². The van der Waals surface area contributed by atoms with E-state index in [0.29, 0.717) is 25.2 Å². The van der Waals surface area contributed by atoms with Crippen molar-refractivity contribution in [3.05, 3.63) is 48.0 Å². The molecule has 1 aliphatic heterocycles. The van der Waals surface area contributed by atoms with Crippen LogP contribution < -0.4 is 5.32 Å². The Morgan fingerprint density at radius 3 is 2.21 bits per heavy atom. The van der Waals surface area contributed by atoms with E-state index in [4.69, 9.17) is 4.74 Å². The van der Waals surface area contributed by atoms with Crippen LogP contribution in [0.3, 0.4) is 0 Å². The molecular formula is C22H31N3O4. The largest absolute Gasteiger partial charge is 0.444 e. The van der Waals surface area contributed by atoms with Gasteiger partial charge in [0.25, 0.3) is 5.91 Å². The summed E-state index contributed by atoms with van der Waals surface area (Å²) in [7, 11) is 0. The van der Waals surface area contributed by atoms with Crippen LogP contribution in [0.1, 0.15) is 50.5 Å². The van der Waals surface area contributed by atoms with Gasteiger partial charge in [-0.3, -0.25) is 9.59 Å². The summed E-state index contributed by atoms with van der Waals surface area (Å²) in [6.45, 7) is 14.0. The predicted octanol–water partition coefficient (Wildman–Crippen LogP) is 2.96. The topological polar surface area (TPSA) is 79.0 Å². The maximum Gasteiger partial charge on any atom is 0.410 e. The summed E-state index contributed by atoms with van der Waals surface area (Å²) in [5, 5.41) is 2.70. The lowest BCUT2D eigenvalue weighted by Crippen LogP contribution is -2.60. The van der Waals surface area contributed by atoms with Crippen molar-refractivity contribution in [2.45, 2.75) is 58.8 Å². The molecule has 2 atom stereocenters. The van der Waals surface area contributed by atoms with Crippen molar-refractivity contribution in [1.29, 1.82) is 0 Å². The van der Waals surface area contributed by atoms with Gasteiger partial charge >= 0.3 is 6.09 Å². The Morgan fingerprint density at radius 1 is 1.10 bits per heavy atom. The zero-order chi connectivity index (χ0) is 21.8. The van der Waals surface area contributed by atoms with Gasteiger partial charge < -0.3 is 19.9 Å². The van der Waals surface area contributed by atoms with E-state index in [1.54, 1.807) is 21.9 Å². The third kappa shape index (κ3) is 6.07. The van der Waals surface area contributed by atoms with E-state index in [1.807, 2.05) is 46.8 Å². The zero-order valence-electron chi connectivity index (χ0n) is 17.9. The number of nitrogens with one attached hydrogen (secondary N) is 1. The Kier molecular flexibility index (Phi) is 7.06. The summed E-state index contributed by atoms with van der Waals surface area (Å²) in [5.41, 5.74) is 0.918. The average Bonchev–Trinajstić information content (AvgIpc) is 2.66. The van der Waals surface area contributed by atoms with Crippen LogP contribution in [0, 0.1) is 0 Å². The van der Waals surface area contributed by atoms with E-state index in [9.17, 15) is 14.4 Å². The van der Waals surface area contributed by atoms with E-state index in [2.05, 4.69) is 11.9 Å². The maximum absolute atomic E-state index is 13.0. The molecule has 29 heavy (non-hydrogen) atoms. The zero-order valence-corrected chi connectivity index (χ0v) is 17.9. The number of carbonyl (C=O) groups excluding carboxylic acids is 3. The number of amides is 3. The van der Waals surface area contributed by atoms with Gasteiger partial charge in [-0.25, -0.2) is 4.79 Å². The second-order valence-corrected chi connectivity index (χ2v) is 8.41. The van der Waals surface area contributed by atoms with Gasteiger partial charge in [0.15, 0.2) is 0 Å². The number of carbonyl (C=O) groups is 3. The SMILES string of the molecule is C=CC(=O)NCc1ccc(C(=O)N2CC(C)N(C(=O)OC(C)(C)C)CC2C)cc1. The summed E-state index contributed by atoms with van der Waals surface area (Å²) in [5.74, 6) is -0.314. The van der Waals surface area contributed by atoms with Crippen molar-refractivity contribution in [2.24, 2.45) is 0 Å². The highest BCUT2D eigenvalue weighted by atomic mass is 16.6. The van der Waals surface area contributed by atoms with Crippen LogP contribution in [-0.2, 0) is 16.1 Å². The van der Waals surface area contributed by atoms with Gasteiger partial charge in [-0.15, -0.1) is 0 Å². The highest BCUT2D eigenvalue weighted by Gasteiger charge is 2.36. The highest BCUT2D eigenvalue weighted by Crippen LogP contribution is 2.21. The Labute approximate surface area is 172 Å². The van der Waals surface area contributed by atoms with Gasteiger partial charge in [0.1, 0.15) is 5.60 Å². The molecule has 0 spiro atoms. The first-order valence-electron chi connectivity index (χ1n) is 9.81. The molecule has 1 aromatic rings. The first kappa shape index (κ1) is 22.5. The molecule has 0 aromatic heterocycles. The number of piperazine rings is 1. The Balaban J connectivity index is 2.02. The van der Waals surface area contributed by atoms with E-state index >= 15 is 0 Å². The van der Waals surface area contributed by atoms with Crippen LogP contribution in [0.15, 0.2) is 36.9 Å². The fourth-order valence-corrected chi connectivity index (χ4v) is 3.18. The van der Waals surface area contributed by atoms with Gasteiger partial charge in [-0.05, 0) is 58.4 Å². The van der Waals surface area contributed by atoms with Gasteiger partial charge in [0, 0.05) is 37.3 Å². The summed E-state index contributed by atoms with van der Waals surface area (Å²) >= 11 is 0. The second-order valence-electron chi connectivity index (χ2n) is 8.41. The van der Waals surface area contributed by atoms with Gasteiger partial charge in [-0.2, -0.15) is 0 Å². The monoisotopic (exact) mass is 401 g/mol. The second kappa shape index (κ2) is 9.11. The molecule has 7 heteroatoms. The predicted molar refractivity (Wildman–Crippen MR) is 111 cm³/mol. The van der Waals surface area contributed by atoms with Crippen molar-refractivity contribution >= 4 is 17.9 Å². The molecule has 0 bridgehead atoms. The van der Waals surface area contributed by atoms with E-state index in [-0.39, 0.29) is 30.0 Å². The lowest BCUT2D eigenvalue weighted by molar-refractivity contribution is -0.116. The lowest BCUT2D eigenvalue weighted by atomic mass is 10.1. The number of nitrogens with zero attached hydrogens (tertiary/aromatic N) is 2. The minimum Gasteiger partial charge on any atom is -0.444 e. The highest BCUT2D eigenvalue weighted by molar-refractivity contribution is 5.94. The van der Waals surface area contributed by atoms with Gasteiger partial charge in [-0.1, -0.05) is 18.7 Å². The quantitative estimate of drug-likeness (QED) is 0.787. The molecule has 1 aromatic carbocycles. The summed E-state index contributed by atoms with van der Waals surface area (Å²) in [6.07, 6.45) is 0.868. The standard InChI is InChI=1S/C22H31N3O4/c1-7-19(26)23-12-17-8-10-18(11-9-17)20(27)24-13-16(3)25(14-15(24)2)21(28)29-22(4,5)6/h7-11,15-16H,1,12-14H2,2-6H3,(H,23,26). The number of hydrogen-bond acceptors (Lipinski definition) is 4. The van der Waals surface area contributed by atoms with Crippen molar-refractivity contribution in [2.75, 3.05) is 13.1 Å². The lowest BCUT2D eigenvalue weighted by Gasteiger charge is -2.44. The Morgan fingerprint density at radius 2 is 1.66 bits per heavy atom. The van der Waals surface area contributed by atoms with Crippen LogP contribution in [-0.4, -0.2) is 58.5 Å². The van der Waals surface area contributed by atoms with Crippen LogP contribution >= 0.6 is 0 Å². The number of ether oxygens (including phenoxy) is 1. The van der Waals surface area contributed by atoms with Crippen LogP contribution in [0.4, 0.5) is 4.79 Å². The minimum atomic E-state index is -0.556. The minimum absolute atomic E-state index is 0.0742. The third-order valence-corrected chi connectivity index (χ3v) is 4.73.